The van der Waals surface area contributed by atoms with Crippen LogP contribution in [0.2, 0.25) is 5.15 Å². The van der Waals surface area contributed by atoms with Crippen molar-refractivity contribution in [2.75, 3.05) is 0 Å². The number of hydrogen-bond acceptors (Lipinski definition) is 1. The lowest BCUT2D eigenvalue weighted by Crippen LogP contribution is -1.86. The number of pyridine rings is 1. The van der Waals surface area contributed by atoms with E-state index in [4.69, 9.17) is 11.6 Å². The van der Waals surface area contributed by atoms with E-state index in [9.17, 15) is 0 Å². The van der Waals surface area contributed by atoms with E-state index in [0.717, 1.165) is 16.6 Å². The van der Waals surface area contributed by atoms with Gasteiger partial charge in [0.2, 0.25) is 0 Å². The number of halogens is 2. The maximum Gasteiger partial charge on any atom is 0.129 e. The minimum atomic E-state index is 0.564. The van der Waals surface area contributed by atoms with Gasteiger partial charge in [-0.3, -0.25) is 0 Å². The first kappa shape index (κ1) is 8.02. The molecular formula is C7H7BrClN. The van der Waals surface area contributed by atoms with Gasteiger partial charge in [-0.25, -0.2) is 4.98 Å². The molecule has 3 heteroatoms. The fourth-order valence-electron chi connectivity index (χ4n) is 0.763. The van der Waals surface area contributed by atoms with Gasteiger partial charge in [0.15, 0.2) is 0 Å². The number of aryl methyl sites for hydroxylation is 1. The largest absolute Gasteiger partial charge is 0.240 e. The van der Waals surface area contributed by atoms with E-state index in [0.29, 0.717) is 5.15 Å². The van der Waals surface area contributed by atoms with Crippen molar-refractivity contribution in [3.05, 3.63) is 28.5 Å². The molecule has 0 aliphatic heterocycles. The Balaban J connectivity index is 3.06. The van der Waals surface area contributed by atoms with Crippen LogP contribution in [0.5, 0.6) is 0 Å². The Bertz CT molecular complexity index is 217. The van der Waals surface area contributed by atoms with Crippen molar-refractivity contribution in [1.82, 2.24) is 4.98 Å². The van der Waals surface area contributed by atoms with Crippen LogP contribution in [0.25, 0.3) is 0 Å². The normalized spacial score (nSPS) is 9.90. The van der Waals surface area contributed by atoms with Gasteiger partial charge in [-0.15, -0.1) is 0 Å². The molecule has 10 heavy (non-hydrogen) atoms. The summed E-state index contributed by atoms with van der Waals surface area (Å²) in [5.74, 6) is 0. The van der Waals surface area contributed by atoms with Crippen molar-refractivity contribution in [3.63, 3.8) is 0 Å². The van der Waals surface area contributed by atoms with Gasteiger partial charge in [0.25, 0.3) is 0 Å². The molecule has 0 amide bonds. The van der Waals surface area contributed by atoms with Gasteiger partial charge in [0, 0.05) is 5.33 Å². The maximum atomic E-state index is 5.70. The summed E-state index contributed by atoms with van der Waals surface area (Å²) in [7, 11) is 0. The van der Waals surface area contributed by atoms with E-state index >= 15 is 0 Å². The Morgan fingerprint density at radius 3 is 2.80 bits per heavy atom. The summed E-state index contributed by atoms with van der Waals surface area (Å²) in [5, 5.41) is 1.32. The lowest BCUT2D eigenvalue weighted by Gasteiger charge is -1.97. The summed E-state index contributed by atoms with van der Waals surface area (Å²) in [4.78, 5) is 4.07. The Morgan fingerprint density at radius 2 is 2.30 bits per heavy atom. The summed E-state index contributed by atoms with van der Waals surface area (Å²) in [5.41, 5.74) is 2.12. The molecule has 0 N–H and O–H groups in total. The van der Waals surface area contributed by atoms with Crippen LogP contribution in [-0.4, -0.2) is 4.98 Å². The van der Waals surface area contributed by atoms with Crippen LogP contribution in [0.3, 0.4) is 0 Å². The van der Waals surface area contributed by atoms with E-state index in [-0.39, 0.29) is 0 Å². The van der Waals surface area contributed by atoms with Gasteiger partial charge < -0.3 is 0 Å². The summed E-state index contributed by atoms with van der Waals surface area (Å²) >= 11 is 9.00. The predicted octanol–water partition coefficient (Wildman–Crippen LogP) is 2.94. The maximum absolute atomic E-state index is 5.70. The molecule has 1 aromatic heterocycles. The van der Waals surface area contributed by atoms with Gasteiger partial charge in [0.1, 0.15) is 5.15 Å². The van der Waals surface area contributed by atoms with Crippen molar-refractivity contribution < 1.29 is 0 Å². The van der Waals surface area contributed by atoms with Crippen molar-refractivity contribution >= 4 is 27.5 Å². The second-order valence-electron chi connectivity index (χ2n) is 2.09. The zero-order chi connectivity index (χ0) is 7.56. The molecule has 1 nitrogen and oxygen atoms in total. The fourth-order valence-corrected chi connectivity index (χ4v) is 1.33. The zero-order valence-corrected chi connectivity index (χ0v) is 7.91. The molecule has 0 bridgehead atoms. The highest BCUT2D eigenvalue weighted by molar-refractivity contribution is 9.08. The molecule has 0 fully saturated rings. The first-order valence-electron chi connectivity index (χ1n) is 2.91. The number of hydrogen-bond donors (Lipinski definition) is 0. The van der Waals surface area contributed by atoms with Crippen LogP contribution in [0, 0.1) is 6.92 Å². The summed E-state index contributed by atoms with van der Waals surface area (Å²) < 4.78 is 0. The first-order valence-corrected chi connectivity index (χ1v) is 4.41. The molecule has 1 rings (SSSR count). The highest BCUT2D eigenvalue weighted by Crippen LogP contribution is 2.11. The molecule has 0 aromatic carbocycles. The molecule has 54 valence electrons. The van der Waals surface area contributed by atoms with Crippen molar-refractivity contribution in [3.8, 4) is 0 Å². The minimum Gasteiger partial charge on any atom is -0.240 e. The topological polar surface area (TPSA) is 12.9 Å². The average Bonchev–Trinajstić information content (AvgIpc) is 1.85. The lowest BCUT2D eigenvalue weighted by atomic mass is 10.3. The molecule has 0 saturated heterocycles. The predicted molar refractivity (Wildman–Crippen MR) is 46.6 cm³/mol. The Hall–Kier alpha value is -0.0800. The molecule has 0 atom stereocenters. The summed E-state index contributed by atoms with van der Waals surface area (Å²) in [6, 6.07) is 3.84. The second-order valence-corrected chi connectivity index (χ2v) is 3.04. The van der Waals surface area contributed by atoms with Crippen LogP contribution in [-0.2, 0) is 5.33 Å². The summed E-state index contributed by atoms with van der Waals surface area (Å²) in [6.07, 6.45) is 0. The fraction of sp³-hybridized carbons (Fsp3) is 0.286. The third kappa shape index (κ3) is 1.96. The van der Waals surface area contributed by atoms with Crippen LogP contribution in [0.4, 0.5) is 0 Å². The van der Waals surface area contributed by atoms with Gasteiger partial charge >= 0.3 is 0 Å². The van der Waals surface area contributed by atoms with Crippen LogP contribution >= 0.6 is 27.5 Å². The van der Waals surface area contributed by atoms with E-state index in [1.807, 2.05) is 19.1 Å². The lowest BCUT2D eigenvalue weighted by molar-refractivity contribution is 1.16. The Kier molecular flexibility index (Phi) is 2.69. The van der Waals surface area contributed by atoms with E-state index in [2.05, 4.69) is 20.9 Å². The van der Waals surface area contributed by atoms with E-state index < -0.39 is 0 Å². The average molecular weight is 220 g/mol. The molecule has 0 radical (unpaired) electrons. The van der Waals surface area contributed by atoms with Crippen molar-refractivity contribution in [2.24, 2.45) is 0 Å². The molecule has 0 saturated carbocycles. The van der Waals surface area contributed by atoms with Gasteiger partial charge in [-0.1, -0.05) is 27.5 Å². The number of alkyl halides is 1. The Morgan fingerprint density at radius 1 is 1.60 bits per heavy atom. The SMILES string of the molecule is Cc1cc(Cl)nc(CBr)c1. The van der Waals surface area contributed by atoms with E-state index in [1.54, 1.807) is 0 Å². The molecule has 0 unspecified atom stereocenters. The monoisotopic (exact) mass is 219 g/mol. The quantitative estimate of drug-likeness (QED) is 0.524. The highest BCUT2D eigenvalue weighted by atomic mass is 79.9. The molecule has 0 aliphatic rings. The first-order chi connectivity index (χ1) is 4.72. The smallest absolute Gasteiger partial charge is 0.129 e. The second kappa shape index (κ2) is 3.35. The van der Waals surface area contributed by atoms with Gasteiger partial charge in [-0.2, -0.15) is 0 Å². The number of rotatable bonds is 1. The molecule has 1 aromatic rings. The highest BCUT2D eigenvalue weighted by Gasteiger charge is 1.95. The van der Waals surface area contributed by atoms with Crippen LogP contribution < -0.4 is 0 Å². The zero-order valence-electron chi connectivity index (χ0n) is 5.56. The van der Waals surface area contributed by atoms with Gasteiger partial charge in [-0.05, 0) is 24.6 Å². The number of aromatic nitrogens is 1. The van der Waals surface area contributed by atoms with Crippen molar-refractivity contribution in [1.29, 1.82) is 0 Å². The third-order valence-electron chi connectivity index (χ3n) is 1.13. The third-order valence-corrected chi connectivity index (χ3v) is 1.90. The molecule has 1 heterocycles. The summed E-state index contributed by atoms with van der Waals surface area (Å²) in [6.45, 7) is 2.00. The van der Waals surface area contributed by atoms with E-state index in [1.165, 1.54) is 0 Å². The molecule has 0 spiro atoms. The molecular weight excluding hydrogens is 213 g/mol. The van der Waals surface area contributed by atoms with Crippen LogP contribution in [0.15, 0.2) is 12.1 Å². The molecule has 0 aliphatic carbocycles. The van der Waals surface area contributed by atoms with Crippen LogP contribution in [0.1, 0.15) is 11.3 Å². The standard InChI is InChI=1S/C7H7BrClN/c1-5-2-6(4-8)10-7(9)3-5/h2-3H,4H2,1H3. The van der Waals surface area contributed by atoms with Crippen molar-refractivity contribution in [2.45, 2.75) is 12.3 Å². The minimum absolute atomic E-state index is 0.564. The Labute approximate surface area is 73.6 Å². The number of nitrogens with zero attached hydrogens (tertiary/aromatic N) is 1. The van der Waals surface area contributed by atoms with Gasteiger partial charge in [0.05, 0.1) is 5.69 Å².